The van der Waals surface area contributed by atoms with Crippen LogP contribution in [0.5, 0.6) is 0 Å². The van der Waals surface area contributed by atoms with Crippen LogP contribution in [0.1, 0.15) is 18.7 Å². The lowest BCUT2D eigenvalue weighted by molar-refractivity contribution is -0.173. The Labute approximate surface area is 251 Å². The molecule has 21 heteroatoms. The highest BCUT2D eigenvalue weighted by molar-refractivity contribution is 7.80. The minimum Gasteiger partial charge on any atom is -0.388 e. The highest BCUT2D eigenvalue weighted by atomic mass is 32.1. The van der Waals surface area contributed by atoms with Crippen molar-refractivity contribution in [2.24, 2.45) is 14.1 Å². The van der Waals surface area contributed by atoms with Crippen LogP contribution in [-0.4, -0.2) is 97.1 Å². The second kappa shape index (κ2) is 10.8. The molecule has 3 fully saturated rings. The monoisotopic (exact) mass is 656 g/mol. The number of phosphoric ester groups is 1. The molecule has 2 bridgehead atoms. The van der Waals surface area contributed by atoms with Crippen LogP contribution in [-0.2, 0) is 41.9 Å². The highest BCUT2D eigenvalue weighted by Crippen LogP contribution is 2.53. The number of aliphatic hydroxyl groups is 1. The summed E-state index contributed by atoms with van der Waals surface area (Å²) in [5.41, 5.74) is -1.91. The molecule has 0 amide bonds. The van der Waals surface area contributed by atoms with Crippen molar-refractivity contribution in [3.63, 3.8) is 0 Å². The van der Waals surface area contributed by atoms with E-state index in [1.54, 1.807) is 0 Å². The number of halogens is 1. The summed E-state index contributed by atoms with van der Waals surface area (Å²) in [6.07, 6.45) is -5.60. The van der Waals surface area contributed by atoms with E-state index in [1.165, 1.54) is 57.7 Å². The van der Waals surface area contributed by atoms with Gasteiger partial charge in [0.1, 0.15) is 30.5 Å². The lowest BCUT2D eigenvalue weighted by Gasteiger charge is -2.29. The third-order valence-corrected chi connectivity index (χ3v) is 9.27. The Balaban J connectivity index is 1.19. The number of alkyl halides is 1. The zero-order chi connectivity index (χ0) is 31.1. The summed E-state index contributed by atoms with van der Waals surface area (Å²) in [5.74, 6) is 0. The molecule has 18 nitrogen and oxygen atoms in total. The largest absolute Gasteiger partial charge is 0.473 e. The Morgan fingerprint density at radius 2 is 1.52 bits per heavy atom. The van der Waals surface area contributed by atoms with Gasteiger partial charge in [0.25, 0.3) is 11.1 Å². The van der Waals surface area contributed by atoms with E-state index in [9.17, 15) is 24.2 Å². The van der Waals surface area contributed by atoms with Gasteiger partial charge in [0.05, 0.1) is 38.0 Å². The minimum absolute atomic E-state index is 0.0312. The van der Waals surface area contributed by atoms with Crippen LogP contribution in [0.25, 0.3) is 22.3 Å². The molecule has 44 heavy (non-hydrogen) atoms. The summed E-state index contributed by atoms with van der Waals surface area (Å²) in [7, 11) is -2.07. The molecule has 1 aliphatic carbocycles. The predicted octanol–water partition coefficient (Wildman–Crippen LogP) is -0.686. The van der Waals surface area contributed by atoms with Crippen molar-refractivity contribution in [2.75, 3.05) is 6.61 Å². The maximum absolute atomic E-state index is 16.0. The molecule has 236 valence electrons. The fraction of sp³-hybridized carbons (Fsp3) is 0.565. The van der Waals surface area contributed by atoms with Crippen molar-refractivity contribution in [3.8, 4) is 0 Å². The third kappa shape index (κ3) is 4.81. The van der Waals surface area contributed by atoms with Crippen molar-refractivity contribution < 1.29 is 42.2 Å². The van der Waals surface area contributed by atoms with Crippen LogP contribution in [0.3, 0.4) is 0 Å². The van der Waals surface area contributed by atoms with E-state index in [0.29, 0.717) is 0 Å². The van der Waals surface area contributed by atoms with Gasteiger partial charge in [0, 0.05) is 20.5 Å². The SMILES string of the molecule is Cn1cnc2c(ncn2[C@@H]2C[C@@H]3OP(=O)(O)O[C@H]4[C@@H](F)[C@H](n5cnc6c(=O)n(C)cnc65)O[C@@H]4COC(S)O[C@@H]2[C@@H]3O)c1=O. The molecule has 2 aliphatic heterocycles. The van der Waals surface area contributed by atoms with Crippen molar-refractivity contribution in [1.29, 1.82) is 0 Å². The predicted molar refractivity (Wildman–Crippen MR) is 147 cm³/mol. The molecule has 7 rings (SSSR count). The number of fused-ring (bicyclic) bond motifs is 5. The van der Waals surface area contributed by atoms with Crippen LogP contribution < -0.4 is 11.1 Å². The highest BCUT2D eigenvalue weighted by Gasteiger charge is 2.54. The molecule has 4 aromatic rings. The van der Waals surface area contributed by atoms with Gasteiger partial charge in [0.15, 0.2) is 34.7 Å². The first-order chi connectivity index (χ1) is 20.9. The Morgan fingerprint density at radius 1 is 0.909 bits per heavy atom. The number of imidazole rings is 2. The number of hydrogen-bond acceptors (Lipinski definition) is 14. The molecule has 6 heterocycles. The van der Waals surface area contributed by atoms with Crippen LogP contribution in [0.4, 0.5) is 4.39 Å². The van der Waals surface area contributed by atoms with E-state index in [1.807, 2.05) is 0 Å². The molecule has 2 N–H and O–H groups in total. The average molecular weight is 657 g/mol. The molecule has 10 atom stereocenters. The second-order valence-corrected chi connectivity index (χ2v) is 12.5. The number of ether oxygens (including phenoxy) is 3. The maximum Gasteiger partial charge on any atom is 0.473 e. The van der Waals surface area contributed by atoms with E-state index in [-0.39, 0.29) is 28.7 Å². The third-order valence-electron chi connectivity index (χ3n) is 7.96. The van der Waals surface area contributed by atoms with E-state index in [2.05, 4.69) is 32.6 Å². The number of aliphatic hydroxyl groups excluding tert-OH is 1. The van der Waals surface area contributed by atoms with Gasteiger partial charge < -0.3 is 37.9 Å². The van der Waals surface area contributed by atoms with Gasteiger partial charge >= 0.3 is 7.82 Å². The lowest BCUT2D eigenvalue weighted by Crippen LogP contribution is -2.40. The summed E-state index contributed by atoms with van der Waals surface area (Å²) in [6.45, 7) is -0.430. The minimum atomic E-state index is -5.07. The van der Waals surface area contributed by atoms with Crippen molar-refractivity contribution in [2.45, 2.75) is 61.0 Å². The van der Waals surface area contributed by atoms with E-state index in [4.69, 9.17) is 23.3 Å². The van der Waals surface area contributed by atoms with E-state index < -0.39 is 80.1 Å². The fourth-order valence-electron chi connectivity index (χ4n) is 5.79. The Bertz CT molecular complexity index is 1920. The fourth-order valence-corrected chi connectivity index (χ4v) is 7.18. The summed E-state index contributed by atoms with van der Waals surface area (Å²) in [6, 6.07) is -0.803. The summed E-state index contributed by atoms with van der Waals surface area (Å²) in [5, 5.41) is 11.1. The molecule has 1 saturated carbocycles. The number of nitrogens with zero attached hydrogens (tertiary/aromatic N) is 8. The molecular formula is C23H26FN8O10PS. The van der Waals surface area contributed by atoms with Gasteiger partial charge in [-0.05, 0) is 0 Å². The summed E-state index contributed by atoms with van der Waals surface area (Å²) < 4.78 is 62.6. The average Bonchev–Trinajstić information content (AvgIpc) is 3.73. The molecule has 2 unspecified atom stereocenters. The van der Waals surface area contributed by atoms with Gasteiger partial charge in [-0.25, -0.2) is 28.9 Å². The van der Waals surface area contributed by atoms with Gasteiger partial charge in [-0.2, -0.15) is 0 Å². The number of rotatable bonds is 2. The maximum atomic E-state index is 16.0. The molecule has 3 aliphatic rings. The van der Waals surface area contributed by atoms with Crippen molar-refractivity contribution in [3.05, 3.63) is 46.0 Å². The standard InChI is InChI=1S/C23H26FN8O10PS/c1-29-5-27-18-13(20(29)34)25-7-31(18)9-3-10-15(33)16(9)40-23(44)38-4-11-17(42-43(36,37)41-10)12(24)22(39-11)32-8-26-14-19(32)28-6-30(2)21(14)35/h5-12,15-17,22-23,33,44H,3-4H2,1-2H3,(H,36,37)/t9-,10+,11-,12-,15-,16+,17-,22-,23?/m1/s1. The summed E-state index contributed by atoms with van der Waals surface area (Å²) >= 11 is 4.33. The van der Waals surface area contributed by atoms with Gasteiger partial charge in [-0.1, -0.05) is 0 Å². The quantitative estimate of drug-likeness (QED) is 0.180. The molecule has 0 spiro atoms. The smallest absolute Gasteiger partial charge is 0.388 e. The molecule has 0 radical (unpaired) electrons. The Kier molecular flexibility index (Phi) is 7.26. The second-order valence-electron chi connectivity index (χ2n) is 10.7. The number of aryl methyl sites for hydroxylation is 2. The molecule has 2 saturated heterocycles. The molecular weight excluding hydrogens is 630 g/mol. The van der Waals surface area contributed by atoms with Crippen LogP contribution in [0, 0.1) is 0 Å². The lowest BCUT2D eigenvalue weighted by atomic mass is 10.1. The zero-order valence-electron chi connectivity index (χ0n) is 22.9. The first-order valence-corrected chi connectivity index (χ1v) is 15.3. The number of thiol groups is 1. The Hall–Kier alpha value is -3.07. The first kappa shape index (κ1) is 29.6. The van der Waals surface area contributed by atoms with Gasteiger partial charge in [-0.3, -0.25) is 23.2 Å². The van der Waals surface area contributed by atoms with Crippen molar-refractivity contribution in [1.82, 2.24) is 38.2 Å². The van der Waals surface area contributed by atoms with Crippen LogP contribution in [0.2, 0.25) is 0 Å². The number of hydrogen-bond donors (Lipinski definition) is 3. The molecule has 0 aromatic carbocycles. The molecule has 4 aromatic heterocycles. The number of aromatic nitrogens is 8. The number of phosphoric acid groups is 1. The van der Waals surface area contributed by atoms with E-state index >= 15 is 4.39 Å². The Morgan fingerprint density at radius 3 is 2.18 bits per heavy atom. The van der Waals surface area contributed by atoms with Gasteiger partial charge in [0.2, 0.25) is 5.62 Å². The summed E-state index contributed by atoms with van der Waals surface area (Å²) in [4.78, 5) is 52.3. The van der Waals surface area contributed by atoms with Crippen molar-refractivity contribution >= 4 is 42.8 Å². The first-order valence-electron chi connectivity index (χ1n) is 13.3. The normalized spacial score (nSPS) is 36.4. The van der Waals surface area contributed by atoms with Crippen LogP contribution >= 0.6 is 20.5 Å². The van der Waals surface area contributed by atoms with E-state index in [0.717, 1.165) is 0 Å². The zero-order valence-corrected chi connectivity index (χ0v) is 24.7. The van der Waals surface area contributed by atoms with Crippen LogP contribution in [0.15, 0.2) is 34.9 Å². The van der Waals surface area contributed by atoms with Gasteiger partial charge in [-0.15, -0.1) is 12.6 Å². The topological polar surface area (TPSA) is 209 Å².